The maximum atomic E-state index is 4.40. The lowest BCUT2D eigenvalue weighted by atomic mass is 9.74. The van der Waals surface area contributed by atoms with Crippen molar-refractivity contribution in [3.8, 4) is 0 Å². The van der Waals surface area contributed by atoms with Crippen LogP contribution in [0.25, 0.3) is 11.6 Å². The molecule has 1 aromatic carbocycles. The van der Waals surface area contributed by atoms with Crippen LogP contribution in [0.15, 0.2) is 72.9 Å². The maximum Gasteiger partial charge on any atom is 0.00218 e. The second-order valence-electron chi connectivity index (χ2n) is 5.73. The van der Waals surface area contributed by atoms with Crippen LogP contribution in [0.5, 0.6) is 0 Å². The van der Waals surface area contributed by atoms with E-state index in [1.165, 1.54) is 22.3 Å². The van der Waals surface area contributed by atoms with Crippen molar-refractivity contribution in [1.82, 2.24) is 0 Å². The van der Waals surface area contributed by atoms with E-state index >= 15 is 0 Å². The number of hydrogen-bond donors (Lipinski definition) is 0. The Bertz CT molecular complexity index is 652. The number of allylic oxidation sites excluding steroid dienone is 8. The van der Waals surface area contributed by atoms with Gasteiger partial charge in [-0.3, -0.25) is 0 Å². The molecule has 0 aliphatic heterocycles. The summed E-state index contributed by atoms with van der Waals surface area (Å²) in [6, 6.07) is 8.56. The smallest absolute Gasteiger partial charge is 0.00218 e. The molecule has 0 spiro atoms. The average molecular weight is 274 g/mol. The minimum absolute atomic E-state index is 0.450. The molecule has 0 aromatic heterocycles. The molecule has 2 aliphatic rings. The Morgan fingerprint density at radius 3 is 3.00 bits per heavy atom. The van der Waals surface area contributed by atoms with Crippen LogP contribution in [0, 0.1) is 11.8 Å². The van der Waals surface area contributed by atoms with Crippen molar-refractivity contribution < 1.29 is 0 Å². The van der Waals surface area contributed by atoms with Crippen LogP contribution in [0.4, 0.5) is 0 Å². The molecule has 0 saturated heterocycles. The lowest BCUT2D eigenvalue weighted by Gasteiger charge is -2.30. The van der Waals surface area contributed by atoms with Crippen molar-refractivity contribution >= 4 is 11.6 Å². The predicted molar refractivity (Wildman–Crippen MR) is 92.8 cm³/mol. The third kappa shape index (κ3) is 2.71. The Morgan fingerprint density at radius 2 is 2.14 bits per heavy atom. The molecule has 21 heavy (non-hydrogen) atoms. The van der Waals surface area contributed by atoms with E-state index in [0.717, 1.165) is 12.8 Å². The van der Waals surface area contributed by atoms with Gasteiger partial charge in [-0.05, 0) is 41.0 Å². The van der Waals surface area contributed by atoms with Crippen molar-refractivity contribution in [2.24, 2.45) is 11.8 Å². The largest absolute Gasteiger partial charge is 0.0908 e. The topological polar surface area (TPSA) is 0 Å². The summed E-state index contributed by atoms with van der Waals surface area (Å²) in [7, 11) is 0. The minimum Gasteiger partial charge on any atom is -0.0908 e. The highest BCUT2D eigenvalue weighted by Gasteiger charge is 2.26. The van der Waals surface area contributed by atoms with Crippen LogP contribution >= 0.6 is 0 Å². The number of hydrogen-bond acceptors (Lipinski definition) is 0. The molecule has 0 heteroatoms. The molecule has 0 fully saturated rings. The fraction of sp³-hybridized carbons (Fsp3) is 0.238. The molecule has 106 valence electrons. The minimum atomic E-state index is 0.450. The van der Waals surface area contributed by atoms with Crippen LogP contribution < -0.4 is 0 Å². The summed E-state index contributed by atoms with van der Waals surface area (Å²) in [6.07, 6.45) is 18.1. The molecule has 0 radical (unpaired) electrons. The third-order valence-electron chi connectivity index (χ3n) is 4.39. The van der Waals surface area contributed by atoms with E-state index in [-0.39, 0.29) is 0 Å². The van der Waals surface area contributed by atoms with Crippen LogP contribution in [-0.4, -0.2) is 0 Å². The lowest BCUT2D eigenvalue weighted by molar-refractivity contribution is 0.541. The zero-order valence-electron chi connectivity index (χ0n) is 12.6. The van der Waals surface area contributed by atoms with E-state index in [9.17, 15) is 0 Å². The first-order valence-corrected chi connectivity index (χ1v) is 7.81. The van der Waals surface area contributed by atoms with Gasteiger partial charge in [-0.15, -0.1) is 0 Å². The molecule has 0 amide bonds. The molecule has 0 heterocycles. The SMILES string of the molecule is C=C1C2=CC=CCC2C(C=CCC)/C=C\c2ccccc21. The predicted octanol–water partition coefficient (Wildman–Crippen LogP) is 5.81. The van der Waals surface area contributed by atoms with E-state index in [1.807, 2.05) is 0 Å². The van der Waals surface area contributed by atoms with E-state index in [1.54, 1.807) is 0 Å². The summed E-state index contributed by atoms with van der Waals surface area (Å²) in [4.78, 5) is 0. The van der Waals surface area contributed by atoms with Crippen LogP contribution in [-0.2, 0) is 0 Å². The Labute approximate surface area is 127 Å². The Balaban J connectivity index is 2.11. The first kappa shape index (κ1) is 13.9. The summed E-state index contributed by atoms with van der Waals surface area (Å²) in [5.74, 6) is 0.959. The van der Waals surface area contributed by atoms with Gasteiger partial charge >= 0.3 is 0 Å². The fourth-order valence-electron chi connectivity index (χ4n) is 3.25. The van der Waals surface area contributed by atoms with Crippen molar-refractivity contribution in [3.05, 3.63) is 84.0 Å². The van der Waals surface area contributed by atoms with Gasteiger partial charge in [-0.25, -0.2) is 0 Å². The van der Waals surface area contributed by atoms with Gasteiger partial charge in [0.05, 0.1) is 0 Å². The van der Waals surface area contributed by atoms with Crippen LogP contribution in [0.2, 0.25) is 0 Å². The molecule has 1 aromatic rings. The normalized spacial score (nSPS) is 25.8. The van der Waals surface area contributed by atoms with Gasteiger partial charge in [0, 0.05) is 5.92 Å². The molecule has 2 aliphatic carbocycles. The average Bonchev–Trinajstić information content (AvgIpc) is 2.54. The van der Waals surface area contributed by atoms with Crippen molar-refractivity contribution in [2.75, 3.05) is 0 Å². The van der Waals surface area contributed by atoms with Gasteiger partial charge in [0.25, 0.3) is 0 Å². The molecule has 2 unspecified atom stereocenters. The highest BCUT2D eigenvalue weighted by molar-refractivity contribution is 5.84. The third-order valence-corrected chi connectivity index (χ3v) is 4.39. The molecule has 3 rings (SSSR count). The van der Waals surface area contributed by atoms with Gasteiger partial charge in [0.2, 0.25) is 0 Å². The van der Waals surface area contributed by atoms with Gasteiger partial charge < -0.3 is 0 Å². The summed E-state index contributed by atoms with van der Waals surface area (Å²) >= 11 is 0. The van der Waals surface area contributed by atoms with Crippen molar-refractivity contribution in [3.63, 3.8) is 0 Å². The fourth-order valence-corrected chi connectivity index (χ4v) is 3.25. The molecule has 0 bridgehead atoms. The Morgan fingerprint density at radius 1 is 1.29 bits per heavy atom. The van der Waals surface area contributed by atoms with Gasteiger partial charge in [-0.1, -0.05) is 80.3 Å². The lowest BCUT2D eigenvalue weighted by Crippen LogP contribution is -2.17. The highest BCUT2D eigenvalue weighted by atomic mass is 14.3. The highest BCUT2D eigenvalue weighted by Crippen LogP contribution is 2.40. The molecule has 2 atom stereocenters. The van der Waals surface area contributed by atoms with E-state index in [0.29, 0.717) is 11.8 Å². The molecule has 0 N–H and O–H groups in total. The number of benzene rings is 1. The quantitative estimate of drug-likeness (QED) is 0.597. The Hall–Kier alpha value is -2.08. The van der Waals surface area contributed by atoms with Crippen molar-refractivity contribution in [2.45, 2.75) is 19.8 Å². The summed E-state index contributed by atoms with van der Waals surface area (Å²) in [6.45, 7) is 6.59. The van der Waals surface area contributed by atoms with Gasteiger partial charge in [0.1, 0.15) is 0 Å². The van der Waals surface area contributed by atoms with Crippen LogP contribution in [0.1, 0.15) is 30.9 Å². The van der Waals surface area contributed by atoms with E-state index in [4.69, 9.17) is 0 Å². The summed E-state index contributed by atoms with van der Waals surface area (Å²) in [5, 5.41) is 0. The zero-order chi connectivity index (χ0) is 14.7. The van der Waals surface area contributed by atoms with Crippen LogP contribution in [0.3, 0.4) is 0 Å². The molecular formula is C21H22. The maximum absolute atomic E-state index is 4.40. The Kier molecular flexibility index (Phi) is 4.06. The van der Waals surface area contributed by atoms with E-state index < -0.39 is 0 Å². The number of fused-ring (bicyclic) bond motifs is 2. The second kappa shape index (κ2) is 6.13. The summed E-state index contributed by atoms with van der Waals surface area (Å²) in [5.41, 5.74) is 5.10. The monoisotopic (exact) mass is 274 g/mol. The molecular weight excluding hydrogens is 252 g/mol. The van der Waals surface area contributed by atoms with Gasteiger partial charge in [-0.2, -0.15) is 0 Å². The van der Waals surface area contributed by atoms with Crippen molar-refractivity contribution in [1.29, 1.82) is 0 Å². The number of rotatable bonds is 2. The van der Waals surface area contributed by atoms with Gasteiger partial charge in [0.15, 0.2) is 0 Å². The summed E-state index contributed by atoms with van der Waals surface area (Å²) < 4.78 is 0. The first-order chi connectivity index (χ1) is 10.3. The second-order valence-corrected chi connectivity index (χ2v) is 5.73. The molecule has 0 nitrogen and oxygen atoms in total. The standard InChI is InChI=1S/C21H22/c1-3-4-9-18-15-14-17-10-5-6-11-19(17)16(2)20-12-7-8-13-21(18)20/h4-12,14-15,18,21H,2-3,13H2,1H3/b9-4?,15-14-. The first-order valence-electron chi connectivity index (χ1n) is 7.81. The zero-order valence-corrected chi connectivity index (χ0v) is 12.6. The molecule has 0 saturated carbocycles. The van der Waals surface area contributed by atoms with E-state index in [2.05, 4.69) is 80.3 Å².